The van der Waals surface area contributed by atoms with E-state index in [-0.39, 0.29) is 16.8 Å². The van der Waals surface area contributed by atoms with Gasteiger partial charge in [0.1, 0.15) is 11.1 Å². The number of hydrogen-bond donors (Lipinski definition) is 2. The molecule has 0 aromatic carbocycles. The number of carbonyl (C=O) groups is 2. The van der Waals surface area contributed by atoms with Crippen molar-refractivity contribution in [2.45, 2.75) is 37.1 Å². The van der Waals surface area contributed by atoms with Crippen LogP contribution in [0, 0.1) is 11.3 Å². The van der Waals surface area contributed by atoms with Gasteiger partial charge in [0.25, 0.3) is 0 Å². The monoisotopic (exact) mass is 408 g/mol. The quantitative estimate of drug-likeness (QED) is 0.568. The molecule has 3 heterocycles. The smallest absolute Gasteiger partial charge is 0.337 e. The van der Waals surface area contributed by atoms with Crippen molar-refractivity contribution in [1.29, 1.82) is 5.26 Å². The molecule has 3 rings (SSSR count). The summed E-state index contributed by atoms with van der Waals surface area (Å²) in [4.78, 5) is 38.4. The molecule has 0 aliphatic carbocycles. The molecule has 0 fully saturated rings. The van der Waals surface area contributed by atoms with Gasteiger partial charge in [-0.2, -0.15) is 5.26 Å². The zero-order chi connectivity index (χ0) is 19.7. The Hall–Kier alpha value is -2.58. The van der Waals surface area contributed by atoms with Gasteiger partial charge in [-0.15, -0.1) is 11.3 Å². The molecule has 1 aliphatic heterocycles. The number of aromatic amines is 1. The number of aryl methyl sites for hydroxylation is 1. The van der Waals surface area contributed by atoms with Gasteiger partial charge >= 0.3 is 10.7 Å². The van der Waals surface area contributed by atoms with Crippen molar-refractivity contribution in [3.05, 3.63) is 26.4 Å². The summed E-state index contributed by atoms with van der Waals surface area (Å²) in [6.45, 7) is 4.20. The third-order valence-electron chi connectivity index (χ3n) is 4.26. The van der Waals surface area contributed by atoms with Gasteiger partial charge in [-0.05, 0) is 35.9 Å². The molecule has 11 heteroatoms. The number of rotatable bonds is 4. The van der Waals surface area contributed by atoms with E-state index in [1.165, 1.54) is 22.9 Å². The molecule has 0 saturated carbocycles. The first-order valence-corrected chi connectivity index (χ1v) is 9.86. The second-order valence-corrected chi connectivity index (χ2v) is 8.54. The molecule has 0 spiro atoms. The van der Waals surface area contributed by atoms with Crippen LogP contribution in [0.2, 0.25) is 0 Å². The van der Waals surface area contributed by atoms with E-state index in [0.29, 0.717) is 30.1 Å². The second kappa shape index (κ2) is 7.58. The summed E-state index contributed by atoms with van der Waals surface area (Å²) in [6, 6.07) is 2.17. The van der Waals surface area contributed by atoms with E-state index >= 15 is 0 Å². The van der Waals surface area contributed by atoms with Gasteiger partial charge in [0.15, 0.2) is 7.05 Å². The number of nitrogens with one attached hydrogen (secondary N) is 2. The highest BCUT2D eigenvalue weighted by Gasteiger charge is 2.29. The maximum absolute atomic E-state index is 12.6. The van der Waals surface area contributed by atoms with Crippen molar-refractivity contribution in [3.8, 4) is 6.07 Å². The van der Waals surface area contributed by atoms with Crippen molar-refractivity contribution in [2.24, 2.45) is 7.05 Å². The molecule has 0 radical (unpaired) electrons. The van der Waals surface area contributed by atoms with E-state index in [0.717, 1.165) is 22.2 Å². The third-order valence-corrected chi connectivity index (χ3v) is 6.63. The maximum Gasteiger partial charge on any atom is 0.441 e. The lowest BCUT2D eigenvalue weighted by atomic mass is 10.0. The van der Waals surface area contributed by atoms with E-state index in [9.17, 15) is 19.6 Å². The summed E-state index contributed by atoms with van der Waals surface area (Å²) in [5.74, 6) is -0.333. The van der Waals surface area contributed by atoms with E-state index in [2.05, 4.69) is 21.2 Å². The Balaban J connectivity index is 1.77. The van der Waals surface area contributed by atoms with Gasteiger partial charge in [-0.3, -0.25) is 14.1 Å². The Labute approximate surface area is 162 Å². The first-order chi connectivity index (χ1) is 12.8. The molecule has 2 N–H and O–H groups in total. The largest absolute Gasteiger partial charge is 0.441 e. The second-order valence-electron chi connectivity index (χ2n) is 6.10. The number of amides is 2. The fraction of sp³-hybridized carbons (Fsp3) is 0.438. The van der Waals surface area contributed by atoms with Crippen molar-refractivity contribution in [3.63, 3.8) is 0 Å². The van der Waals surface area contributed by atoms with E-state index in [1.807, 2.05) is 0 Å². The molecule has 2 amide bonds. The molecular formula is C16H18N5O4S2+. The van der Waals surface area contributed by atoms with Crippen LogP contribution in [0.15, 0.2) is 14.3 Å². The van der Waals surface area contributed by atoms with Crippen LogP contribution in [0.5, 0.6) is 0 Å². The summed E-state index contributed by atoms with van der Waals surface area (Å²) in [5.41, 5.74) is 0.805. The Kier molecular flexibility index (Phi) is 5.38. The van der Waals surface area contributed by atoms with Crippen molar-refractivity contribution < 1.29 is 18.8 Å². The lowest BCUT2D eigenvalue weighted by molar-refractivity contribution is -0.772. The summed E-state index contributed by atoms with van der Waals surface area (Å²) < 4.78 is 6.07. The van der Waals surface area contributed by atoms with Crippen LogP contribution in [-0.2, 0) is 29.6 Å². The van der Waals surface area contributed by atoms with Gasteiger partial charge in [-0.25, -0.2) is 4.79 Å². The number of thiophene rings is 1. The minimum atomic E-state index is -0.575. The molecule has 1 unspecified atom stereocenters. The Bertz CT molecular complexity index is 1000. The predicted molar refractivity (Wildman–Crippen MR) is 98.3 cm³/mol. The number of H-pyrrole nitrogens is 1. The number of nitriles is 1. The van der Waals surface area contributed by atoms with Crippen LogP contribution in [0.4, 0.5) is 5.00 Å². The number of aromatic nitrogens is 2. The summed E-state index contributed by atoms with van der Waals surface area (Å²) in [5, 5.41) is 14.9. The zero-order valence-corrected chi connectivity index (χ0v) is 16.6. The van der Waals surface area contributed by atoms with Crippen LogP contribution in [0.25, 0.3) is 0 Å². The normalized spacial score (nSPS) is 14.4. The van der Waals surface area contributed by atoms with Crippen molar-refractivity contribution >= 4 is 39.9 Å². The highest BCUT2D eigenvalue weighted by atomic mass is 32.2. The van der Waals surface area contributed by atoms with Gasteiger partial charge in [0.05, 0.1) is 17.4 Å². The van der Waals surface area contributed by atoms with E-state index < -0.39 is 10.9 Å². The molecule has 1 aliphatic rings. The number of fused-ring (bicyclic) bond motifs is 1. The molecule has 9 nitrogen and oxygen atoms in total. The number of anilines is 1. The minimum absolute atomic E-state index is 0.0126. The Morgan fingerprint density at radius 2 is 2.26 bits per heavy atom. The topological polar surface area (TPSA) is 123 Å². The first-order valence-electron chi connectivity index (χ1n) is 8.17. The molecule has 27 heavy (non-hydrogen) atoms. The molecule has 0 saturated heterocycles. The highest BCUT2D eigenvalue weighted by molar-refractivity contribution is 8.00. The molecular weight excluding hydrogens is 390 g/mol. The summed E-state index contributed by atoms with van der Waals surface area (Å²) in [6.07, 6.45) is 0.592. The number of carbonyl (C=O) groups excluding carboxylic acids is 2. The minimum Gasteiger partial charge on any atom is -0.337 e. The first kappa shape index (κ1) is 19.2. The number of nitrogens with zero attached hydrogens (tertiary/aromatic N) is 3. The van der Waals surface area contributed by atoms with Crippen LogP contribution in [0.1, 0.15) is 29.9 Å². The molecule has 2 aromatic rings. The SMILES string of the molecule is CC(=O)N1CCc2c(sc(NC(=O)C(C)Sc3c(=O)o[nH][n+]3C)c2C#N)C1. The fourth-order valence-electron chi connectivity index (χ4n) is 2.77. The van der Waals surface area contributed by atoms with Crippen LogP contribution >= 0.6 is 23.1 Å². The zero-order valence-electron chi connectivity index (χ0n) is 15.0. The summed E-state index contributed by atoms with van der Waals surface area (Å²) >= 11 is 2.38. The number of thioether (sulfide) groups is 1. The average Bonchev–Trinajstić information content (AvgIpc) is 3.14. The van der Waals surface area contributed by atoms with Crippen molar-refractivity contribution in [2.75, 3.05) is 11.9 Å². The van der Waals surface area contributed by atoms with Crippen LogP contribution in [0.3, 0.4) is 0 Å². The van der Waals surface area contributed by atoms with Gasteiger partial charge in [-0.1, -0.05) is 4.68 Å². The van der Waals surface area contributed by atoms with Crippen molar-refractivity contribution in [1.82, 2.24) is 10.2 Å². The standard InChI is InChI=1S/C16H17N5O4S2/c1-8(26-15-16(24)25-19-20(15)3)13(23)18-14-11(6-17)10-4-5-21(9(2)22)7-12(10)27-14/h8H,4-5,7H2,1-3H3,(H-,18,19,23,24)/p+1. The Morgan fingerprint density at radius 3 is 2.85 bits per heavy atom. The number of hydrogen-bond acceptors (Lipinski definition) is 7. The molecule has 0 bridgehead atoms. The lowest BCUT2D eigenvalue weighted by Crippen LogP contribution is -2.35. The van der Waals surface area contributed by atoms with E-state index in [1.54, 1.807) is 18.9 Å². The Morgan fingerprint density at radius 1 is 1.52 bits per heavy atom. The molecule has 1 atom stereocenters. The third kappa shape index (κ3) is 3.77. The highest BCUT2D eigenvalue weighted by Crippen LogP contribution is 2.37. The molecule has 142 valence electrons. The van der Waals surface area contributed by atoms with E-state index in [4.69, 9.17) is 0 Å². The predicted octanol–water partition coefficient (Wildman–Crippen LogP) is 0.749. The average molecular weight is 408 g/mol. The van der Waals surface area contributed by atoms with Gasteiger partial charge in [0, 0.05) is 18.3 Å². The van der Waals surface area contributed by atoms with Crippen LogP contribution in [-0.4, -0.2) is 33.8 Å². The summed E-state index contributed by atoms with van der Waals surface area (Å²) in [7, 11) is 1.61. The van der Waals surface area contributed by atoms with Gasteiger partial charge < -0.3 is 10.2 Å². The molecule has 2 aromatic heterocycles. The fourth-order valence-corrected chi connectivity index (χ4v) is 4.82. The van der Waals surface area contributed by atoms with Gasteiger partial charge in [0.2, 0.25) is 11.8 Å². The lowest BCUT2D eigenvalue weighted by Gasteiger charge is -2.25. The van der Waals surface area contributed by atoms with Crippen LogP contribution < -0.4 is 15.6 Å². The maximum atomic E-state index is 12.6.